The van der Waals surface area contributed by atoms with Crippen LogP contribution in [-0.4, -0.2) is 35.2 Å². The highest BCUT2D eigenvalue weighted by Gasteiger charge is 2.29. The van der Waals surface area contributed by atoms with E-state index in [1.165, 1.54) is 23.7 Å². The number of aliphatic hydroxyl groups is 1. The molecule has 0 aliphatic carbocycles. The minimum absolute atomic E-state index is 0.0656. The molecule has 2 aromatic heterocycles. The molecule has 3 rings (SSSR count). The molecule has 2 heterocycles. The van der Waals surface area contributed by atoms with E-state index >= 15 is 0 Å². The molecule has 0 amide bonds. The third kappa shape index (κ3) is 2.51. The molecule has 0 aliphatic heterocycles. The van der Waals surface area contributed by atoms with Crippen molar-refractivity contribution < 1.29 is 17.9 Å². The largest absolute Gasteiger partial charge is 0.390 e. The summed E-state index contributed by atoms with van der Waals surface area (Å²) >= 11 is 0. The Balaban J connectivity index is 2.36. The highest BCUT2D eigenvalue weighted by molar-refractivity contribution is 7.91. The Morgan fingerprint density at radius 2 is 1.96 bits per heavy atom. The molecular weight excluding hydrogens is 335 g/mol. The highest BCUT2D eigenvalue weighted by Crippen LogP contribution is 2.31. The summed E-state index contributed by atoms with van der Waals surface area (Å²) in [5.74, 6) is -0.425. The minimum Gasteiger partial charge on any atom is -0.390 e. The molecule has 3 aromatic rings. The standard InChI is InChI=1S/C15H15FN4O3S/c1-9-7-11(8-21)20-15(18-9)13(14(17-2)19-20)24(22,23)12-5-3-10(16)4-6-12/h3-7,21H,8H2,1-2H3,(H,17,19). The number of halogens is 1. The van der Waals surface area contributed by atoms with Crippen LogP contribution in [0, 0.1) is 12.7 Å². The van der Waals surface area contributed by atoms with Crippen LogP contribution in [0.1, 0.15) is 11.4 Å². The molecule has 0 spiro atoms. The van der Waals surface area contributed by atoms with Gasteiger partial charge in [0.2, 0.25) is 9.84 Å². The van der Waals surface area contributed by atoms with Crippen LogP contribution in [0.25, 0.3) is 5.65 Å². The summed E-state index contributed by atoms with van der Waals surface area (Å²) in [6.07, 6.45) is 0. The van der Waals surface area contributed by atoms with Gasteiger partial charge in [0.15, 0.2) is 16.4 Å². The zero-order chi connectivity index (χ0) is 17.5. The molecule has 0 fully saturated rings. The monoisotopic (exact) mass is 350 g/mol. The normalized spacial score (nSPS) is 11.8. The Bertz CT molecular complexity index is 1010. The number of aliphatic hydroxyl groups excluding tert-OH is 1. The maximum atomic E-state index is 13.1. The molecule has 9 heteroatoms. The van der Waals surface area contributed by atoms with Gasteiger partial charge in [0.05, 0.1) is 17.2 Å². The van der Waals surface area contributed by atoms with Gasteiger partial charge in [0.25, 0.3) is 0 Å². The first-order valence-electron chi connectivity index (χ1n) is 7.07. The maximum absolute atomic E-state index is 13.1. The summed E-state index contributed by atoms with van der Waals surface area (Å²) in [4.78, 5) is 4.08. The predicted molar refractivity (Wildman–Crippen MR) is 85.0 cm³/mol. The number of aromatic nitrogens is 3. The maximum Gasteiger partial charge on any atom is 0.214 e. The quantitative estimate of drug-likeness (QED) is 0.693. The molecule has 0 saturated carbocycles. The second kappa shape index (κ2) is 5.84. The fourth-order valence-electron chi connectivity index (χ4n) is 2.45. The zero-order valence-electron chi connectivity index (χ0n) is 13.0. The summed E-state index contributed by atoms with van der Waals surface area (Å²) in [7, 11) is -2.44. The Morgan fingerprint density at radius 1 is 1.29 bits per heavy atom. The molecule has 0 atom stereocenters. The summed E-state index contributed by atoms with van der Waals surface area (Å²) in [5.41, 5.74) is 1.06. The number of aryl methyl sites for hydroxylation is 1. The molecule has 0 aliphatic rings. The number of sulfone groups is 1. The van der Waals surface area contributed by atoms with Crippen molar-refractivity contribution in [1.29, 1.82) is 0 Å². The van der Waals surface area contributed by atoms with Gasteiger partial charge in [-0.15, -0.1) is 5.10 Å². The van der Waals surface area contributed by atoms with Gasteiger partial charge in [0, 0.05) is 12.7 Å². The van der Waals surface area contributed by atoms with Crippen molar-refractivity contribution >= 4 is 21.3 Å². The molecule has 126 valence electrons. The number of nitrogens with zero attached hydrogens (tertiary/aromatic N) is 3. The average molecular weight is 350 g/mol. The lowest BCUT2D eigenvalue weighted by Crippen LogP contribution is -2.06. The van der Waals surface area contributed by atoms with E-state index in [4.69, 9.17) is 0 Å². The first kappa shape index (κ1) is 16.3. The smallest absolute Gasteiger partial charge is 0.214 e. The van der Waals surface area contributed by atoms with Crippen LogP contribution in [0.3, 0.4) is 0 Å². The van der Waals surface area contributed by atoms with Crippen LogP contribution in [0.2, 0.25) is 0 Å². The van der Waals surface area contributed by atoms with E-state index in [-0.39, 0.29) is 27.9 Å². The molecule has 24 heavy (non-hydrogen) atoms. The van der Waals surface area contributed by atoms with Crippen molar-refractivity contribution in [1.82, 2.24) is 14.6 Å². The van der Waals surface area contributed by atoms with Gasteiger partial charge in [-0.1, -0.05) is 0 Å². The van der Waals surface area contributed by atoms with E-state index in [1.54, 1.807) is 13.0 Å². The van der Waals surface area contributed by atoms with Gasteiger partial charge in [-0.05, 0) is 37.3 Å². The third-order valence-electron chi connectivity index (χ3n) is 3.54. The highest BCUT2D eigenvalue weighted by atomic mass is 32.2. The summed E-state index contributed by atoms with van der Waals surface area (Å²) in [6.45, 7) is 1.38. The molecule has 2 N–H and O–H groups in total. The second-order valence-electron chi connectivity index (χ2n) is 5.17. The molecule has 0 saturated heterocycles. The summed E-state index contributed by atoms with van der Waals surface area (Å²) in [5, 5.41) is 16.4. The van der Waals surface area contributed by atoms with E-state index in [0.29, 0.717) is 11.4 Å². The third-order valence-corrected chi connectivity index (χ3v) is 5.35. The van der Waals surface area contributed by atoms with Gasteiger partial charge >= 0.3 is 0 Å². The lowest BCUT2D eigenvalue weighted by Gasteiger charge is -2.06. The lowest BCUT2D eigenvalue weighted by atomic mass is 10.3. The van der Waals surface area contributed by atoms with E-state index in [1.807, 2.05) is 0 Å². The van der Waals surface area contributed by atoms with Crippen LogP contribution in [-0.2, 0) is 16.4 Å². The van der Waals surface area contributed by atoms with Gasteiger partial charge in [-0.25, -0.2) is 22.3 Å². The average Bonchev–Trinajstić information content (AvgIpc) is 2.93. The summed E-state index contributed by atoms with van der Waals surface area (Å²) in [6, 6.07) is 6.16. The summed E-state index contributed by atoms with van der Waals surface area (Å²) < 4.78 is 40.4. The number of fused-ring (bicyclic) bond motifs is 1. The fraction of sp³-hybridized carbons (Fsp3) is 0.200. The topological polar surface area (TPSA) is 96.6 Å². The first-order valence-corrected chi connectivity index (χ1v) is 8.55. The van der Waals surface area contributed by atoms with Crippen molar-refractivity contribution in [2.24, 2.45) is 0 Å². The minimum atomic E-state index is -3.98. The van der Waals surface area contributed by atoms with Crippen LogP contribution in [0.15, 0.2) is 40.1 Å². The van der Waals surface area contributed by atoms with Crippen LogP contribution in [0.5, 0.6) is 0 Å². The molecule has 7 nitrogen and oxygen atoms in total. The zero-order valence-corrected chi connectivity index (χ0v) is 13.8. The van der Waals surface area contributed by atoms with E-state index in [9.17, 15) is 17.9 Å². The van der Waals surface area contributed by atoms with Crippen LogP contribution >= 0.6 is 0 Å². The number of hydrogen-bond donors (Lipinski definition) is 2. The van der Waals surface area contributed by atoms with Crippen molar-refractivity contribution in [2.75, 3.05) is 12.4 Å². The van der Waals surface area contributed by atoms with E-state index in [0.717, 1.165) is 12.1 Å². The molecular formula is C15H15FN4O3S. The molecule has 0 bridgehead atoms. The molecule has 0 unspecified atom stereocenters. The first-order chi connectivity index (χ1) is 11.4. The molecule has 1 aromatic carbocycles. The van der Waals surface area contributed by atoms with Crippen LogP contribution < -0.4 is 5.32 Å². The Hall–Kier alpha value is -2.52. The van der Waals surface area contributed by atoms with Crippen molar-refractivity contribution in [3.63, 3.8) is 0 Å². The van der Waals surface area contributed by atoms with Crippen LogP contribution in [0.4, 0.5) is 10.2 Å². The van der Waals surface area contributed by atoms with Gasteiger partial charge in [-0.2, -0.15) is 0 Å². The molecule has 0 radical (unpaired) electrons. The number of rotatable bonds is 4. The lowest BCUT2D eigenvalue weighted by molar-refractivity contribution is 0.273. The number of hydrogen-bond acceptors (Lipinski definition) is 6. The Morgan fingerprint density at radius 3 is 2.54 bits per heavy atom. The number of nitrogens with one attached hydrogen (secondary N) is 1. The van der Waals surface area contributed by atoms with Crippen molar-refractivity contribution in [3.8, 4) is 0 Å². The fourth-order valence-corrected chi connectivity index (χ4v) is 3.95. The van der Waals surface area contributed by atoms with Gasteiger partial charge in [-0.3, -0.25) is 0 Å². The van der Waals surface area contributed by atoms with Gasteiger partial charge in [0.1, 0.15) is 5.82 Å². The van der Waals surface area contributed by atoms with E-state index in [2.05, 4.69) is 15.4 Å². The Kier molecular flexibility index (Phi) is 3.98. The van der Waals surface area contributed by atoms with Crippen molar-refractivity contribution in [3.05, 3.63) is 47.5 Å². The predicted octanol–water partition coefficient (Wildman–Crippen LogP) is 1.54. The van der Waals surface area contributed by atoms with Gasteiger partial charge < -0.3 is 10.4 Å². The van der Waals surface area contributed by atoms with E-state index < -0.39 is 15.7 Å². The SMILES string of the molecule is CNc1nn2c(CO)cc(C)nc2c1S(=O)(=O)c1ccc(F)cc1. The second-order valence-corrected chi connectivity index (χ2v) is 7.05. The van der Waals surface area contributed by atoms with Crippen molar-refractivity contribution in [2.45, 2.75) is 23.3 Å². The Labute approximate surface area is 137 Å². The number of anilines is 1. The number of benzene rings is 1.